The smallest absolute Gasteiger partial charge is 0.407 e. The number of methoxy groups -OCH3 is 1. The van der Waals surface area contributed by atoms with E-state index in [1.165, 1.54) is 12.7 Å². The standard InChI is InChI=1S/C21H32N4O3/c1-7-12-25(20(26)13-23-21(27)28-6)14-19(22-5)24-16(4)18-10-8-17(9-11-18)15(2)3/h8,10H,2,4,7,9,11-14H2,1,3,5-6H3,(H,22,24)(H,23,27). The third-order valence-electron chi connectivity index (χ3n) is 4.41. The van der Waals surface area contributed by atoms with Gasteiger partial charge in [-0.2, -0.15) is 0 Å². The molecule has 0 radical (unpaired) electrons. The van der Waals surface area contributed by atoms with Gasteiger partial charge in [0.1, 0.15) is 12.4 Å². The monoisotopic (exact) mass is 388 g/mol. The number of alkyl carbamates (subject to hydrolysis) is 1. The normalized spacial score (nSPS) is 13.8. The SMILES string of the molecule is C=C(C)C1=CC=C(C(=C)NC(CN(CCC)C(=O)CNC(=O)OC)=NC)CC1. The number of allylic oxidation sites excluding steroid dienone is 5. The molecule has 0 aromatic carbocycles. The molecule has 7 nitrogen and oxygen atoms in total. The number of amides is 2. The molecule has 0 aromatic rings. The predicted octanol–water partition coefficient (Wildman–Crippen LogP) is 2.94. The molecule has 2 amide bonds. The van der Waals surface area contributed by atoms with Crippen molar-refractivity contribution < 1.29 is 14.3 Å². The summed E-state index contributed by atoms with van der Waals surface area (Å²) in [5.41, 5.74) is 4.21. The summed E-state index contributed by atoms with van der Waals surface area (Å²) in [6.07, 6.45) is 6.09. The molecule has 0 aromatic heterocycles. The van der Waals surface area contributed by atoms with Crippen LogP contribution in [0.1, 0.15) is 33.1 Å². The van der Waals surface area contributed by atoms with Crippen molar-refractivity contribution in [2.24, 2.45) is 4.99 Å². The molecule has 1 aliphatic rings. The van der Waals surface area contributed by atoms with Crippen LogP contribution in [0.5, 0.6) is 0 Å². The molecular formula is C21H32N4O3. The van der Waals surface area contributed by atoms with Gasteiger partial charge in [-0.05, 0) is 37.3 Å². The number of amidine groups is 1. The lowest BCUT2D eigenvalue weighted by Crippen LogP contribution is -2.45. The maximum atomic E-state index is 12.4. The summed E-state index contributed by atoms with van der Waals surface area (Å²) in [4.78, 5) is 29.5. The number of carbonyl (C=O) groups excluding carboxylic acids is 2. The Hall–Kier alpha value is -2.83. The Bertz CT molecular complexity index is 704. The van der Waals surface area contributed by atoms with E-state index in [1.54, 1.807) is 11.9 Å². The molecule has 0 atom stereocenters. The Balaban J connectivity index is 2.72. The summed E-state index contributed by atoms with van der Waals surface area (Å²) in [6, 6.07) is 0. The number of nitrogens with one attached hydrogen (secondary N) is 2. The summed E-state index contributed by atoms with van der Waals surface area (Å²) in [7, 11) is 2.93. The summed E-state index contributed by atoms with van der Waals surface area (Å²) in [6.45, 7) is 12.8. The maximum Gasteiger partial charge on any atom is 0.407 e. The van der Waals surface area contributed by atoms with E-state index in [9.17, 15) is 9.59 Å². The number of rotatable bonds is 9. The molecule has 0 aliphatic heterocycles. The van der Waals surface area contributed by atoms with Gasteiger partial charge in [-0.15, -0.1) is 0 Å². The van der Waals surface area contributed by atoms with Crippen LogP contribution in [-0.4, -0.2) is 56.5 Å². The van der Waals surface area contributed by atoms with Gasteiger partial charge in [0.15, 0.2) is 0 Å². The van der Waals surface area contributed by atoms with Crippen LogP contribution < -0.4 is 10.6 Å². The van der Waals surface area contributed by atoms with Crippen molar-refractivity contribution in [2.45, 2.75) is 33.1 Å². The van der Waals surface area contributed by atoms with Gasteiger partial charge in [0.05, 0.1) is 13.7 Å². The Morgan fingerprint density at radius 1 is 1.25 bits per heavy atom. The molecule has 154 valence electrons. The molecule has 1 aliphatic carbocycles. The molecule has 0 heterocycles. The zero-order chi connectivity index (χ0) is 21.1. The van der Waals surface area contributed by atoms with Crippen molar-refractivity contribution in [3.05, 3.63) is 47.7 Å². The minimum Gasteiger partial charge on any atom is -0.453 e. The van der Waals surface area contributed by atoms with Crippen LogP contribution in [0.2, 0.25) is 0 Å². The Labute approximate surface area is 167 Å². The number of carbonyl (C=O) groups is 2. The molecule has 1 rings (SSSR count). The first-order valence-corrected chi connectivity index (χ1v) is 9.39. The van der Waals surface area contributed by atoms with Gasteiger partial charge in [0.2, 0.25) is 5.91 Å². The first-order valence-electron chi connectivity index (χ1n) is 9.39. The van der Waals surface area contributed by atoms with Gasteiger partial charge in [0.25, 0.3) is 0 Å². The van der Waals surface area contributed by atoms with E-state index in [0.717, 1.165) is 36.1 Å². The first-order chi connectivity index (χ1) is 13.3. The van der Waals surface area contributed by atoms with E-state index in [-0.39, 0.29) is 12.5 Å². The summed E-state index contributed by atoms with van der Waals surface area (Å²) >= 11 is 0. The third-order valence-corrected chi connectivity index (χ3v) is 4.41. The number of hydrogen-bond donors (Lipinski definition) is 2. The largest absolute Gasteiger partial charge is 0.453 e. The minimum absolute atomic E-state index is 0.121. The van der Waals surface area contributed by atoms with Crippen molar-refractivity contribution in [1.82, 2.24) is 15.5 Å². The second-order valence-corrected chi connectivity index (χ2v) is 6.60. The first kappa shape index (κ1) is 23.2. The van der Waals surface area contributed by atoms with Crippen LogP contribution in [0.3, 0.4) is 0 Å². The van der Waals surface area contributed by atoms with Gasteiger partial charge < -0.3 is 20.3 Å². The lowest BCUT2D eigenvalue weighted by molar-refractivity contribution is -0.129. The second kappa shape index (κ2) is 11.8. The number of nitrogens with zero attached hydrogens (tertiary/aromatic N) is 2. The number of hydrogen-bond acceptors (Lipinski definition) is 4. The van der Waals surface area contributed by atoms with Gasteiger partial charge in [-0.3, -0.25) is 9.79 Å². The van der Waals surface area contributed by atoms with E-state index < -0.39 is 6.09 Å². The number of aliphatic imine (C=N–C) groups is 1. The molecule has 7 heteroatoms. The molecule has 0 unspecified atom stereocenters. The third kappa shape index (κ3) is 7.42. The van der Waals surface area contributed by atoms with Crippen LogP contribution in [0, 0.1) is 0 Å². The van der Waals surface area contributed by atoms with Crippen LogP contribution >= 0.6 is 0 Å². The average Bonchev–Trinajstić information content (AvgIpc) is 2.70. The highest BCUT2D eigenvalue weighted by Gasteiger charge is 2.17. The quantitative estimate of drug-likeness (QED) is 0.470. The zero-order valence-corrected chi connectivity index (χ0v) is 17.4. The zero-order valence-electron chi connectivity index (χ0n) is 17.4. The molecule has 2 N–H and O–H groups in total. The van der Waals surface area contributed by atoms with Crippen LogP contribution in [0.4, 0.5) is 4.79 Å². The van der Waals surface area contributed by atoms with Crippen molar-refractivity contribution in [2.75, 3.05) is 33.8 Å². The van der Waals surface area contributed by atoms with Crippen molar-refractivity contribution >= 4 is 17.8 Å². The van der Waals surface area contributed by atoms with E-state index in [4.69, 9.17) is 0 Å². The molecule has 0 saturated heterocycles. The minimum atomic E-state index is -0.632. The van der Waals surface area contributed by atoms with E-state index in [2.05, 4.69) is 39.6 Å². The fourth-order valence-electron chi connectivity index (χ4n) is 2.74. The average molecular weight is 389 g/mol. The molecule has 0 bridgehead atoms. The molecule has 28 heavy (non-hydrogen) atoms. The molecule has 0 spiro atoms. The Kier molecular flexibility index (Phi) is 9.78. The summed E-state index contributed by atoms with van der Waals surface area (Å²) in [5.74, 6) is 0.437. The number of ether oxygens (including phenoxy) is 1. The highest BCUT2D eigenvalue weighted by Crippen LogP contribution is 2.25. The van der Waals surface area contributed by atoms with Gasteiger partial charge in [-0.1, -0.05) is 37.8 Å². The van der Waals surface area contributed by atoms with Crippen LogP contribution in [0.25, 0.3) is 0 Å². The predicted molar refractivity (Wildman–Crippen MR) is 113 cm³/mol. The van der Waals surface area contributed by atoms with Crippen LogP contribution in [0.15, 0.2) is 52.7 Å². The maximum absolute atomic E-state index is 12.4. The highest BCUT2D eigenvalue weighted by atomic mass is 16.5. The van der Waals surface area contributed by atoms with Gasteiger partial charge >= 0.3 is 6.09 Å². The van der Waals surface area contributed by atoms with E-state index in [0.29, 0.717) is 18.9 Å². The van der Waals surface area contributed by atoms with E-state index >= 15 is 0 Å². The summed E-state index contributed by atoms with van der Waals surface area (Å²) in [5, 5.41) is 5.64. The Morgan fingerprint density at radius 2 is 1.89 bits per heavy atom. The van der Waals surface area contributed by atoms with Gasteiger partial charge in [-0.25, -0.2) is 4.79 Å². The molecular weight excluding hydrogens is 356 g/mol. The van der Waals surface area contributed by atoms with Crippen LogP contribution in [-0.2, 0) is 9.53 Å². The highest BCUT2D eigenvalue weighted by molar-refractivity contribution is 5.91. The van der Waals surface area contributed by atoms with Gasteiger partial charge in [0, 0.05) is 19.3 Å². The van der Waals surface area contributed by atoms with E-state index in [1.807, 2.05) is 19.9 Å². The second-order valence-electron chi connectivity index (χ2n) is 6.60. The summed E-state index contributed by atoms with van der Waals surface area (Å²) < 4.78 is 4.50. The van der Waals surface area contributed by atoms with Crippen molar-refractivity contribution in [3.63, 3.8) is 0 Å². The lowest BCUT2D eigenvalue weighted by atomic mass is 9.93. The molecule has 0 fully saturated rings. The fraction of sp³-hybridized carbons (Fsp3) is 0.476. The molecule has 0 saturated carbocycles. The Morgan fingerprint density at radius 3 is 2.39 bits per heavy atom. The fourth-order valence-corrected chi connectivity index (χ4v) is 2.74. The lowest BCUT2D eigenvalue weighted by Gasteiger charge is -2.25. The topological polar surface area (TPSA) is 83.0 Å². The van der Waals surface area contributed by atoms with Crippen molar-refractivity contribution in [3.8, 4) is 0 Å². The van der Waals surface area contributed by atoms with Crippen molar-refractivity contribution in [1.29, 1.82) is 0 Å².